The molecule has 0 saturated carbocycles. The molecule has 0 heterocycles. The summed E-state index contributed by atoms with van der Waals surface area (Å²) in [5.41, 5.74) is 0.871. The van der Waals surface area contributed by atoms with E-state index in [1.807, 2.05) is 0 Å². The van der Waals surface area contributed by atoms with Gasteiger partial charge in [0.15, 0.2) is 6.10 Å². The van der Waals surface area contributed by atoms with Gasteiger partial charge in [0.2, 0.25) is 11.7 Å². The quantitative estimate of drug-likeness (QED) is 0.493. The Balaban J connectivity index is 1.80. The number of esters is 1. The number of methoxy groups -OCH3 is 1. The van der Waals surface area contributed by atoms with Gasteiger partial charge in [-0.3, -0.25) is 14.4 Å². The summed E-state index contributed by atoms with van der Waals surface area (Å²) in [6.45, 7) is 3.10. The highest BCUT2D eigenvalue weighted by Gasteiger charge is 2.24. The van der Waals surface area contributed by atoms with Crippen LogP contribution >= 0.6 is 11.8 Å². The Morgan fingerprint density at radius 1 is 1.03 bits per heavy atom. The number of carbonyl (C=O) groups excluding carboxylic acids is 3. The molecule has 0 bridgehead atoms. The van der Waals surface area contributed by atoms with Gasteiger partial charge in [-0.1, -0.05) is 0 Å². The van der Waals surface area contributed by atoms with Gasteiger partial charge >= 0.3 is 5.97 Å². The molecule has 29 heavy (non-hydrogen) atoms. The molecule has 0 aliphatic heterocycles. The average Bonchev–Trinajstić information content (AvgIpc) is 2.73. The molecule has 0 spiro atoms. The van der Waals surface area contributed by atoms with Crippen molar-refractivity contribution >= 4 is 35.1 Å². The molecule has 1 amide bonds. The maximum absolute atomic E-state index is 12.9. The fourth-order valence-corrected chi connectivity index (χ4v) is 2.98. The van der Waals surface area contributed by atoms with Crippen molar-refractivity contribution in [3.8, 4) is 5.75 Å². The summed E-state index contributed by atoms with van der Waals surface area (Å²) in [6.07, 6.45) is -0.952. The van der Waals surface area contributed by atoms with Crippen LogP contribution in [0.2, 0.25) is 0 Å². The van der Waals surface area contributed by atoms with Gasteiger partial charge in [0.1, 0.15) is 16.8 Å². The maximum Gasteiger partial charge on any atom is 0.319 e. The molecule has 0 aromatic heterocycles. The first-order valence-electron chi connectivity index (χ1n) is 8.86. The van der Waals surface area contributed by atoms with E-state index in [0.29, 0.717) is 17.0 Å². The summed E-state index contributed by atoms with van der Waals surface area (Å²) in [5, 5.41) is 1.97. The normalized spacial score (nSPS) is 12.6. The maximum atomic E-state index is 12.9. The number of Topliss-reactive ketones (excluding diaryl/α,β-unsaturated/α-hetero) is 1. The molecule has 0 aliphatic rings. The first kappa shape index (κ1) is 22.4. The Bertz CT molecular complexity index is 854. The minimum absolute atomic E-state index is 0.00838. The highest BCUT2D eigenvalue weighted by molar-refractivity contribution is 8.01. The van der Waals surface area contributed by atoms with Crippen molar-refractivity contribution in [1.29, 1.82) is 0 Å². The first-order valence-corrected chi connectivity index (χ1v) is 9.91. The lowest BCUT2D eigenvalue weighted by atomic mass is 10.1. The van der Waals surface area contributed by atoms with Crippen LogP contribution in [-0.2, 0) is 14.3 Å². The Hall–Kier alpha value is -2.87. The monoisotopic (exact) mass is 419 g/mol. The summed E-state index contributed by atoms with van der Waals surface area (Å²) in [4.78, 5) is 36.5. The molecule has 154 valence electrons. The van der Waals surface area contributed by atoms with E-state index in [1.54, 1.807) is 31.2 Å². The van der Waals surface area contributed by atoms with Gasteiger partial charge in [-0.05, 0) is 62.4 Å². The predicted octanol–water partition coefficient (Wildman–Crippen LogP) is 3.71. The van der Waals surface area contributed by atoms with Crippen LogP contribution in [0.15, 0.2) is 48.5 Å². The zero-order valence-electron chi connectivity index (χ0n) is 16.3. The number of carbonyl (C=O) groups is 3. The highest BCUT2D eigenvalue weighted by Crippen LogP contribution is 2.17. The molecule has 2 aromatic rings. The molecule has 2 rings (SSSR count). The van der Waals surface area contributed by atoms with E-state index >= 15 is 0 Å². The fourth-order valence-electron chi connectivity index (χ4n) is 2.31. The first-order chi connectivity index (χ1) is 13.8. The molecule has 0 unspecified atom stereocenters. The summed E-state index contributed by atoms with van der Waals surface area (Å²) < 4.78 is 23.2. The lowest BCUT2D eigenvalue weighted by Gasteiger charge is -2.16. The lowest BCUT2D eigenvalue weighted by molar-refractivity contribution is -0.145. The van der Waals surface area contributed by atoms with Crippen LogP contribution in [-0.4, -0.2) is 41.9 Å². The minimum atomic E-state index is -0.952. The number of nitrogens with one attached hydrogen (secondary N) is 1. The molecule has 1 N–H and O–H groups in total. The van der Waals surface area contributed by atoms with E-state index in [4.69, 9.17) is 9.47 Å². The molecule has 8 heteroatoms. The van der Waals surface area contributed by atoms with Crippen molar-refractivity contribution in [2.24, 2.45) is 0 Å². The van der Waals surface area contributed by atoms with Gasteiger partial charge in [0.05, 0.1) is 12.9 Å². The number of rotatable bonds is 9. The van der Waals surface area contributed by atoms with Crippen LogP contribution in [0.4, 0.5) is 10.1 Å². The standard InChI is InChI=1S/C21H22FNO5S/c1-13(20(25)15-4-10-18(27-3)11-5-15)28-21(26)14(2)29-12-19(24)23-17-8-6-16(22)7-9-17/h4-11,13-14H,12H2,1-3H3,(H,23,24)/t13-,14+/m1/s1. The highest BCUT2D eigenvalue weighted by atomic mass is 32.2. The third kappa shape index (κ3) is 6.90. The zero-order valence-corrected chi connectivity index (χ0v) is 17.1. The van der Waals surface area contributed by atoms with Crippen molar-refractivity contribution in [3.05, 3.63) is 59.9 Å². The molecule has 2 aromatic carbocycles. The van der Waals surface area contributed by atoms with Crippen molar-refractivity contribution in [2.45, 2.75) is 25.2 Å². The molecule has 2 atom stereocenters. The molecule has 0 saturated heterocycles. The van der Waals surface area contributed by atoms with Crippen LogP contribution in [0.25, 0.3) is 0 Å². The number of amides is 1. The third-order valence-corrected chi connectivity index (χ3v) is 5.08. The summed E-state index contributed by atoms with van der Waals surface area (Å²) in [5.74, 6) is -1.01. The second-order valence-corrected chi connectivity index (χ2v) is 7.51. The lowest BCUT2D eigenvalue weighted by Crippen LogP contribution is -2.29. The second kappa shape index (κ2) is 10.6. The molecular weight excluding hydrogens is 397 g/mol. The van der Waals surface area contributed by atoms with E-state index in [1.165, 1.54) is 38.3 Å². The second-order valence-electron chi connectivity index (χ2n) is 6.18. The van der Waals surface area contributed by atoms with Crippen LogP contribution in [0, 0.1) is 5.82 Å². The predicted molar refractivity (Wildman–Crippen MR) is 110 cm³/mol. The minimum Gasteiger partial charge on any atom is -0.497 e. The number of halogens is 1. The largest absolute Gasteiger partial charge is 0.497 e. The van der Waals surface area contributed by atoms with Gasteiger partial charge < -0.3 is 14.8 Å². The third-order valence-electron chi connectivity index (χ3n) is 3.96. The molecule has 6 nitrogen and oxygen atoms in total. The number of hydrogen-bond donors (Lipinski definition) is 1. The Labute approximate surface area is 172 Å². The van der Waals surface area contributed by atoms with Crippen LogP contribution in [0.3, 0.4) is 0 Å². The van der Waals surface area contributed by atoms with E-state index in [2.05, 4.69) is 5.32 Å². The van der Waals surface area contributed by atoms with Crippen LogP contribution in [0.5, 0.6) is 5.75 Å². The van der Waals surface area contributed by atoms with Crippen LogP contribution in [0.1, 0.15) is 24.2 Å². The van der Waals surface area contributed by atoms with E-state index in [9.17, 15) is 18.8 Å². The van der Waals surface area contributed by atoms with Crippen LogP contribution < -0.4 is 10.1 Å². The Morgan fingerprint density at radius 2 is 1.66 bits per heavy atom. The molecule has 0 aliphatic carbocycles. The van der Waals surface area contributed by atoms with E-state index in [-0.39, 0.29) is 17.4 Å². The number of ketones is 1. The Morgan fingerprint density at radius 3 is 2.24 bits per heavy atom. The van der Waals surface area contributed by atoms with E-state index < -0.39 is 23.1 Å². The van der Waals surface area contributed by atoms with Gasteiger partial charge in [-0.25, -0.2) is 4.39 Å². The molecule has 0 radical (unpaired) electrons. The van der Waals surface area contributed by atoms with Gasteiger partial charge in [0.25, 0.3) is 0 Å². The van der Waals surface area contributed by atoms with Gasteiger partial charge in [0, 0.05) is 11.3 Å². The summed E-state index contributed by atoms with van der Waals surface area (Å²) >= 11 is 1.08. The smallest absolute Gasteiger partial charge is 0.319 e. The topological polar surface area (TPSA) is 81.7 Å². The van der Waals surface area contributed by atoms with Crippen molar-refractivity contribution in [3.63, 3.8) is 0 Å². The van der Waals surface area contributed by atoms with Crippen molar-refractivity contribution < 1.29 is 28.2 Å². The van der Waals surface area contributed by atoms with Gasteiger partial charge in [-0.15, -0.1) is 11.8 Å². The van der Waals surface area contributed by atoms with Crippen molar-refractivity contribution in [2.75, 3.05) is 18.2 Å². The number of benzene rings is 2. The van der Waals surface area contributed by atoms with E-state index in [0.717, 1.165) is 11.8 Å². The fraction of sp³-hybridized carbons (Fsp3) is 0.286. The van der Waals surface area contributed by atoms with Crippen molar-refractivity contribution in [1.82, 2.24) is 0 Å². The Kier molecular flexibility index (Phi) is 8.21. The number of anilines is 1. The average molecular weight is 419 g/mol. The summed E-state index contributed by atoms with van der Waals surface area (Å²) in [7, 11) is 1.53. The van der Waals surface area contributed by atoms with Gasteiger partial charge in [-0.2, -0.15) is 0 Å². The number of ether oxygens (including phenoxy) is 2. The zero-order chi connectivity index (χ0) is 21.4. The number of thioether (sulfide) groups is 1. The number of hydrogen-bond acceptors (Lipinski definition) is 6. The SMILES string of the molecule is COc1ccc(C(=O)[C@@H](C)OC(=O)[C@H](C)SCC(=O)Nc2ccc(F)cc2)cc1. The molecular formula is C21H22FNO5S. The molecule has 0 fully saturated rings. The summed E-state index contributed by atoms with van der Waals surface area (Å²) in [6, 6.07) is 11.9.